The molecule has 30 heavy (non-hydrogen) atoms. The average Bonchev–Trinajstić information content (AvgIpc) is 2.71. The van der Waals surface area contributed by atoms with Gasteiger partial charge in [0.2, 0.25) is 0 Å². The molecular formula is C24H22F3N3. The van der Waals surface area contributed by atoms with Crippen molar-refractivity contribution in [3.63, 3.8) is 0 Å². The van der Waals surface area contributed by atoms with E-state index in [4.69, 9.17) is 0 Å². The summed E-state index contributed by atoms with van der Waals surface area (Å²) in [5.74, 6) is -0.931. The largest absolute Gasteiger partial charge is 0.363 e. The number of benzene rings is 2. The van der Waals surface area contributed by atoms with Gasteiger partial charge in [0.05, 0.1) is 0 Å². The number of pyridine rings is 2. The van der Waals surface area contributed by atoms with Crippen LogP contribution in [0.1, 0.15) is 25.1 Å². The Hall–Kier alpha value is -3.15. The Labute approximate surface area is 173 Å². The van der Waals surface area contributed by atoms with Gasteiger partial charge in [-0.1, -0.05) is 32.0 Å². The summed E-state index contributed by atoms with van der Waals surface area (Å²) in [6.45, 7) is 3.76. The van der Waals surface area contributed by atoms with E-state index in [9.17, 15) is 8.78 Å². The van der Waals surface area contributed by atoms with Gasteiger partial charge in [0.15, 0.2) is 5.82 Å². The summed E-state index contributed by atoms with van der Waals surface area (Å²) < 4.78 is 44.2. The fourth-order valence-electron chi connectivity index (χ4n) is 3.69. The van der Waals surface area contributed by atoms with Crippen molar-refractivity contribution in [3.05, 3.63) is 77.2 Å². The highest BCUT2D eigenvalue weighted by Gasteiger charge is 2.27. The molecule has 6 heteroatoms. The number of anilines is 1. The van der Waals surface area contributed by atoms with Crippen molar-refractivity contribution in [2.45, 2.75) is 25.7 Å². The van der Waals surface area contributed by atoms with Gasteiger partial charge >= 0.3 is 0 Å². The van der Waals surface area contributed by atoms with E-state index in [1.165, 1.54) is 12.1 Å². The number of rotatable bonds is 4. The second kappa shape index (κ2) is 7.27. The molecule has 0 aliphatic carbocycles. The van der Waals surface area contributed by atoms with E-state index < -0.39 is 22.9 Å². The first-order valence-corrected chi connectivity index (χ1v) is 9.68. The smallest absolute Gasteiger partial charge is 0.152 e. The zero-order valence-corrected chi connectivity index (χ0v) is 17.3. The van der Waals surface area contributed by atoms with Gasteiger partial charge in [0, 0.05) is 36.0 Å². The molecule has 154 valence electrons. The highest BCUT2D eigenvalue weighted by Crippen LogP contribution is 2.32. The molecule has 0 radical (unpaired) electrons. The van der Waals surface area contributed by atoms with Crippen LogP contribution in [-0.4, -0.2) is 24.1 Å². The standard InChI is InChI=1S/C24H22F3N3/c1-24(2,19-10-8-14-6-5-7-17(25)22(14)28-19)13-15-12-18(26)16-9-11-20(30(3)4)29-23(16)21(15)27/h5-12H,13H2,1-4H3. The molecule has 3 nitrogen and oxygen atoms in total. The highest BCUT2D eigenvalue weighted by molar-refractivity contribution is 5.82. The number of fused-ring (bicyclic) bond motifs is 2. The van der Waals surface area contributed by atoms with Gasteiger partial charge in [0.25, 0.3) is 0 Å². The molecule has 2 heterocycles. The van der Waals surface area contributed by atoms with Crippen molar-refractivity contribution in [1.82, 2.24) is 9.97 Å². The van der Waals surface area contributed by atoms with E-state index in [-0.39, 0.29) is 28.4 Å². The summed E-state index contributed by atoms with van der Waals surface area (Å²) >= 11 is 0. The normalized spacial score (nSPS) is 12.0. The molecule has 4 rings (SSSR count). The molecule has 0 saturated carbocycles. The van der Waals surface area contributed by atoms with Gasteiger partial charge < -0.3 is 4.90 Å². The lowest BCUT2D eigenvalue weighted by Gasteiger charge is -2.25. The number of nitrogens with zero attached hydrogens (tertiary/aromatic N) is 3. The predicted molar refractivity (Wildman–Crippen MR) is 114 cm³/mol. The van der Waals surface area contributed by atoms with E-state index in [1.807, 2.05) is 13.8 Å². The van der Waals surface area contributed by atoms with Crippen LogP contribution in [0.2, 0.25) is 0 Å². The van der Waals surface area contributed by atoms with Crippen molar-refractivity contribution in [3.8, 4) is 0 Å². The van der Waals surface area contributed by atoms with Gasteiger partial charge in [0.1, 0.15) is 28.5 Å². The van der Waals surface area contributed by atoms with Crippen LogP contribution < -0.4 is 4.90 Å². The summed E-state index contributed by atoms with van der Waals surface area (Å²) in [5, 5.41) is 0.837. The average molecular weight is 409 g/mol. The molecule has 0 spiro atoms. The van der Waals surface area contributed by atoms with E-state index in [0.29, 0.717) is 16.9 Å². The Morgan fingerprint density at radius 1 is 0.867 bits per heavy atom. The van der Waals surface area contributed by atoms with Crippen LogP contribution in [0.3, 0.4) is 0 Å². The topological polar surface area (TPSA) is 29.0 Å². The van der Waals surface area contributed by atoms with Crippen LogP contribution in [-0.2, 0) is 11.8 Å². The molecule has 0 saturated heterocycles. The Kier molecular flexibility index (Phi) is 4.88. The van der Waals surface area contributed by atoms with Crippen molar-refractivity contribution >= 4 is 27.6 Å². The van der Waals surface area contributed by atoms with Crippen molar-refractivity contribution < 1.29 is 13.2 Å². The summed E-state index contributed by atoms with van der Waals surface area (Å²) in [6.07, 6.45) is 0.187. The number of aromatic nitrogens is 2. The maximum atomic E-state index is 15.3. The molecule has 0 fully saturated rings. The zero-order valence-electron chi connectivity index (χ0n) is 17.3. The molecule has 0 amide bonds. The lowest BCUT2D eigenvalue weighted by Crippen LogP contribution is -2.23. The van der Waals surface area contributed by atoms with Crippen LogP contribution in [0, 0.1) is 17.5 Å². The first-order chi connectivity index (χ1) is 14.2. The summed E-state index contributed by atoms with van der Waals surface area (Å²) in [7, 11) is 3.58. The van der Waals surface area contributed by atoms with Crippen molar-refractivity contribution in [1.29, 1.82) is 0 Å². The third-order valence-electron chi connectivity index (χ3n) is 5.38. The fourth-order valence-corrected chi connectivity index (χ4v) is 3.69. The third kappa shape index (κ3) is 3.47. The number of para-hydroxylation sites is 1. The van der Waals surface area contributed by atoms with E-state index in [2.05, 4.69) is 9.97 Å². The molecule has 4 aromatic rings. The SMILES string of the molecule is CN(C)c1ccc2c(F)cc(CC(C)(C)c3ccc4cccc(F)c4n3)c(F)c2n1. The maximum absolute atomic E-state index is 15.3. The summed E-state index contributed by atoms with van der Waals surface area (Å²) in [5.41, 5.74) is 0.435. The molecule has 2 aromatic carbocycles. The zero-order chi connectivity index (χ0) is 21.6. The molecule has 0 bridgehead atoms. The van der Waals surface area contributed by atoms with E-state index >= 15 is 4.39 Å². The Morgan fingerprint density at radius 3 is 2.37 bits per heavy atom. The summed E-state index contributed by atoms with van der Waals surface area (Å²) in [4.78, 5) is 10.5. The van der Waals surface area contributed by atoms with Crippen molar-refractivity contribution in [2.75, 3.05) is 19.0 Å². The van der Waals surface area contributed by atoms with Crippen LogP contribution >= 0.6 is 0 Å². The molecule has 0 atom stereocenters. The van der Waals surface area contributed by atoms with Gasteiger partial charge in [-0.15, -0.1) is 0 Å². The van der Waals surface area contributed by atoms with Gasteiger partial charge in [-0.2, -0.15) is 0 Å². The third-order valence-corrected chi connectivity index (χ3v) is 5.38. The van der Waals surface area contributed by atoms with E-state index in [1.54, 1.807) is 55.4 Å². The van der Waals surface area contributed by atoms with Gasteiger partial charge in [-0.25, -0.2) is 23.1 Å². The molecule has 0 N–H and O–H groups in total. The molecule has 0 aliphatic rings. The van der Waals surface area contributed by atoms with Crippen molar-refractivity contribution in [2.24, 2.45) is 0 Å². The molecule has 0 aliphatic heterocycles. The minimum absolute atomic E-state index is 0.00418. The first-order valence-electron chi connectivity index (χ1n) is 9.68. The van der Waals surface area contributed by atoms with Crippen LogP contribution in [0.15, 0.2) is 48.5 Å². The second-order valence-corrected chi connectivity index (χ2v) is 8.36. The number of halogens is 3. The maximum Gasteiger partial charge on any atom is 0.152 e. The van der Waals surface area contributed by atoms with Gasteiger partial charge in [-0.05, 0) is 42.3 Å². The molecular weight excluding hydrogens is 387 g/mol. The van der Waals surface area contributed by atoms with Crippen LogP contribution in [0.5, 0.6) is 0 Å². The highest BCUT2D eigenvalue weighted by atomic mass is 19.1. The lowest BCUT2D eigenvalue weighted by molar-refractivity contribution is 0.487. The minimum atomic E-state index is -0.656. The van der Waals surface area contributed by atoms with Crippen LogP contribution in [0.4, 0.5) is 19.0 Å². The quantitative estimate of drug-likeness (QED) is 0.427. The fraction of sp³-hybridized carbons (Fsp3) is 0.250. The first kappa shape index (κ1) is 20.1. The Morgan fingerprint density at radius 2 is 1.63 bits per heavy atom. The van der Waals surface area contributed by atoms with Crippen LogP contribution in [0.25, 0.3) is 21.8 Å². The predicted octanol–water partition coefficient (Wildman–Crippen LogP) is 5.79. The Balaban J connectivity index is 1.79. The monoisotopic (exact) mass is 409 g/mol. The minimum Gasteiger partial charge on any atom is -0.363 e. The number of hydrogen-bond donors (Lipinski definition) is 0. The van der Waals surface area contributed by atoms with Gasteiger partial charge in [-0.3, -0.25) is 0 Å². The van der Waals surface area contributed by atoms with E-state index in [0.717, 1.165) is 0 Å². The Bertz CT molecular complexity index is 1270. The lowest BCUT2D eigenvalue weighted by atomic mass is 9.81. The molecule has 2 aromatic heterocycles. The summed E-state index contributed by atoms with van der Waals surface area (Å²) in [6, 6.07) is 12.8. The second-order valence-electron chi connectivity index (χ2n) is 8.36. The molecule has 0 unspecified atom stereocenters. The number of hydrogen-bond acceptors (Lipinski definition) is 3.